The lowest BCUT2D eigenvalue weighted by Gasteiger charge is -2.30. The van der Waals surface area contributed by atoms with E-state index in [0.717, 1.165) is 32.1 Å². The van der Waals surface area contributed by atoms with E-state index in [4.69, 9.17) is 4.74 Å². The number of amides is 2. The van der Waals surface area contributed by atoms with Crippen LogP contribution in [0, 0.1) is 23.3 Å². The number of nitrogens with zero attached hydrogens (tertiary/aromatic N) is 1. The Bertz CT molecular complexity index is 1360. The van der Waals surface area contributed by atoms with Crippen LogP contribution in [0.1, 0.15) is 60.5 Å². The summed E-state index contributed by atoms with van der Waals surface area (Å²) >= 11 is 1.24. The molecule has 0 spiro atoms. The molecule has 0 saturated carbocycles. The van der Waals surface area contributed by atoms with Crippen molar-refractivity contribution in [3.8, 4) is 5.75 Å². The Balaban J connectivity index is 1.47. The van der Waals surface area contributed by atoms with Crippen molar-refractivity contribution in [3.63, 3.8) is 0 Å². The van der Waals surface area contributed by atoms with Gasteiger partial charge < -0.3 is 15.0 Å². The minimum absolute atomic E-state index is 0.0428. The van der Waals surface area contributed by atoms with Gasteiger partial charge in [-0.3, -0.25) is 9.59 Å². The number of hydrogen-bond donors (Lipinski definition) is 1. The average Bonchev–Trinajstić information content (AvgIpc) is 2.92. The van der Waals surface area contributed by atoms with Gasteiger partial charge in [-0.25, -0.2) is 17.6 Å². The fourth-order valence-corrected chi connectivity index (χ4v) is 5.38. The molecule has 5 nitrogen and oxygen atoms in total. The zero-order valence-corrected chi connectivity index (χ0v) is 22.9. The van der Waals surface area contributed by atoms with Crippen LogP contribution < -0.4 is 15.0 Å². The summed E-state index contributed by atoms with van der Waals surface area (Å²) in [5, 5.41) is 2.44. The van der Waals surface area contributed by atoms with Crippen molar-refractivity contribution in [1.29, 1.82) is 0 Å². The third-order valence-corrected chi connectivity index (χ3v) is 7.62. The Morgan fingerprint density at radius 1 is 0.950 bits per heavy atom. The highest BCUT2D eigenvalue weighted by atomic mass is 32.2. The zero-order chi connectivity index (χ0) is 28.6. The second-order valence-corrected chi connectivity index (χ2v) is 10.5. The summed E-state index contributed by atoms with van der Waals surface area (Å²) in [6, 6.07) is 10.3. The van der Waals surface area contributed by atoms with Gasteiger partial charge in [-0.1, -0.05) is 38.7 Å². The summed E-state index contributed by atoms with van der Waals surface area (Å²) in [6.07, 6.45) is 5.29. The Labute approximate surface area is 234 Å². The molecule has 1 heterocycles. The number of benzene rings is 3. The van der Waals surface area contributed by atoms with Crippen LogP contribution >= 0.6 is 11.8 Å². The molecule has 1 aliphatic heterocycles. The number of anilines is 1. The van der Waals surface area contributed by atoms with Crippen molar-refractivity contribution in [1.82, 2.24) is 5.32 Å². The fraction of sp³-hybridized carbons (Fsp3) is 0.333. The van der Waals surface area contributed by atoms with Crippen LogP contribution in [0.25, 0.3) is 0 Å². The second-order valence-electron chi connectivity index (χ2n) is 9.46. The van der Waals surface area contributed by atoms with Gasteiger partial charge in [-0.05, 0) is 36.8 Å². The molecule has 10 heteroatoms. The Kier molecular flexibility index (Phi) is 10.1. The molecule has 0 atom stereocenters. The lowest BCUT2D eigenvalue weighted by molar-refractivity contribution is -0.116. The van der Waals surface area contributed by atoms with Gasteiger partial charge in [0.15, 0.2) is 0 Å². The first-order valence-corrected chi connectivity index (χ1v) is 14.2. The number of nitrogens with one attached hydrogen (secondary N) is 1. The maximum Gasteiger partial charge on any atom is 0.251 e. The molecule has 1 N–H and O–H groups in total. The Hall–Kier alpha value is -3.53. The highest BCUT2D eigenvalue weighted by molar-refractivity contribution is 8.00. The van der Waals surface area contributed by atoms with Gasteiger partial charge in [0.1, 0.15) is 29.0 Å². The average molecular weight is 575 g/mol. The summed E-state index contributed by atoms with van der Waals surface area (Å²) < 4.78 is 61.8. The molecule has 0 radical (unpaired) electrons. The number of fused-ring (bicyclic) bond motifs is 1. The van der Waals surface area contributed by atoms with E-state index in [1.54, 1.807) is 24.3 Å². The first-order chi connectivity index (χ1) is 19.3. The van der Waals surface area contributed by atoms with Gasteiger partial charge in [0.05, 0.1) is 24.6 Å². The molecule has 4 rings (SSSR count). The van der Waals surface area contributed by atoms with Crippen LogP contribution in [-0.2, 0) is 17.9 Å². The van der Waals surface area contributed by atoms with Crippen molar-refractivity contribution in [2.45, 2.75) is 57.0 Å². The molecule has 212 valence electrons. The van der Waals surface area contributed by atoms with Crippen molar-refractivity contribution in [2.75, 3.05) is 17.3 Å². The minimum Gasteiger partial charge on any atom is -0.493 e. The van der Waals surface area contributed by atoms with Gasteiger partial charge in [-0.15, -0.1) is 11.8 Å². The maximum absolute atomic E-state index is 14.9. The van der Waals surface area contributed by atoms with Crippen LogP contribution in [-0.4, -0.2) is 24.2 Å². The topological polar surface area (TPSA) is 58.6 Å². The van der Waals surface area contributed by atoms with E-state index in [9.17, 15) is 27.2 Å². The fourth-order valence-electron chi connectivity index (χ4n) is 4.40. The van der Waals surface area contributed by atoms with Crippen LogP contribution in [0.2, 0.25) is 0 Å². The number of halogens is 4. The predicted octanol–water partition coefficient (Wildman–Crippen LogP) is 7.16. The molecule has 0 bridgehead atoms. The molecule has 0 aliphatic carbocycles. The summed E-state index contributed by atoms with van der Waals surface area (Å²) in [7, 11) is 0. The van der Waals surface area contributed by atoms with Gasteiger partial charge in [0.25, 0.3) is 5.91 Å². The molecule has 40 heavy (non-hydrogen) atoms. The van der Waals surface area contributed by atoms with Crippen molar-refractivity contribution < 1.29 is 31.9 Å². The third-order valence-electron chi connectivity index (χ3n) is 6.59. The number of thioether (sulfide) groups is 1. The predicted molar refractivity (Wildman–Crippen MR) is 146 cm³/mol. The molecule has 2 amide bonds. The van der Waals surface area contributed by atoms with E-state index < -0.39 is 41.3 Å². The summed E-state index contributed by atoms with van der Waals surface area (Å²) in [5.41, 5.74) is 0.541. The van der Waals surface area contributed by atoms with Crippen molar-refractivity contribution in [2.24, 2.45) is 0 Å². The number of hydrogen-bond acceptors (Lipinski definition) is 4. The molecular formula is C30H30F4N2O3S. The maximum atomic E-state index is 14.9. The SMILES string of the molecule is CCCCCCCOc1cccc(F)c1CN1C(=O)CSc2cc(C(=O)NCc3c(F)cc(F)cc3F)ccc21. The van der Waals surface area contributed by atoms with E-state index >= 15 is 0 Å². The van der Waals surface area contributed by atoms with E-state index in [1.807, 2.05) is 0 Å². The molecule has 0 unspecified atom stereocenters. The molecule has 0 fully saturated rings. The molecule has 3 aromatic rings. The Morgan fingerprint density at radius 3 is 2.45 bits per heavy atom. The highest BCUT2D eigenvalue weighted by Gasteiger charge is 2.28. The van der Waals surface area contributed by atoms with Crippen LogP contribution in [0.15, 0.2) is 53.4 Å². The normalized spacial score (nSPS) is 12.8. The lowest BCUT2D eigenvalue weighted by atomic mass is 10.1. The monoisotopic (exact) mass is 574 g/mol. The number of unbranched alkanes of at least 4 members (excludes halogenated alkanes) is 4. The second kappa shape index (κ2) is 13.7. The largest absolute Gasteiger partial charge is 0.493 e. The minimum atomic E-state index is -1.10. The third kappa shape index (κ3) is 7.15. The van der Waals surface area contributed by atoms with E-state index in [2.05, 4.69) is 12.2 Å². The molecule has 0 saturated heterocycles. The Morgan fingerprint density at radius 2 is 1.70 bits per heavy atom. The molecule has 0 aromatic heterocycles. The van der Waals surface area contributed by atoms with Gasteiger partial charge in [0.2, 0.25) is 5.91 Å². The first kappa shape index (κ1) is 29.5. The summed E-state index contributed by atoms with van der Waals surface area (Å²) in [4.78, 5) is 27.7. The van der Waals surface area contributed by atoms with Gasteiger partial charge in [0, 0.05) is 40.3 Å². The smallest absolute Gasteiger partial charge is 0.251 e. The number of ether oxygens (including phenoxy) is 1. The van der Waals surface area contributed by atoms with Crippen LogP contribution in [0.3, 0.4) is 0 Å². The van der Waals surface area contributed by atoms with Crippen molar-refractivity contribution in [3.05, 3.63) is 88.5 Å². The summed E-state index contributed by atoms with van der Waals surface area (Å²) in [5.74, 6) is -4.06. The van der Waals surface area contributed by atoms with Crippen molar-refractivity contribution >= 4 is 29.3 Å². The first-order valence-electron chi connectivity index (χ1n) is 13.2. The number of carbonyl (C=O) groups is 2. The summed E-state index contributed by atoms with van der Waals surface area (Å²) in [6.45, 7) is 2.08. The number of rotatable bonds is 12. The molecule has 1 aliphatic rings. The van der Waals surface area contributed by atoms with Crippen LogP contribution in [0.5, 0.6) is 5.75 Å². The standard InChI is InChI=1S/C30H30F4N2O3S/c1-2-3-4-5-6-12-39-27-9-7-8-23(32)22(27)17-36-26-11-10-19(13-28(26)40-18-29(36)37)30(38)35-16-21-24(33)14-20(31)15-25(21)34/h7-11,13-15H,2-6,12,16-18H2,1H3,(H,35,38). The van der Waals surface area contributed by atoms with E-state index in [0.29, 0.717) is 35.1 Å². The lowest BCUT2D eigenvalue weighted by Crippen LogP contribution is -2.35. The quantitative estimate of drug-likeness (QED) is 0.184. The zero-order valence-electron chi connectivity index (χ0n) is 22.1. The molecule has 3 aromatic carbocycles. The van der Waals surface area contributed by atoms with Crippen LogP contribution in [0.4, 0.5) is 23.2 Å². The highest BCUT2D eigenvalue weighted by Crippen LogP contribution is 2.38. The van der Waals surface area contributed by atoms with Gasteiger partial charge in [-0.2, -0.15) is 0 Å². The van der Waals surface area contributed by atoms with E-state index in [1.165, 1.54) is 28.8 Å². The number of carbonyl (C=O) groups excluding carboxylic acids is 2. The van der Waals surface area contributed by atoms with Gasteiger partial charge >= 0.3 is 0 Å². The van der Waals surface area contributed by atoms with E-state index in [-0.39, 0.29) is 29.3 Å². The molecular weight excluding hydrogens is 544 g/mol.